The van der Waals surface area contributed by atoms with Gasteiger partial charge in [-0.1, -0.05) is 0 Å². The molecule has 1 fully saturated rings. The first-order valence-electron chi connectivity index (χ1n) is 6.03. The van der Waals surface area contributed by atoms with Gasteiger partial charge in [-0.25, -0.2) is 13.4 Å². The van der Waals surface area contributed by atoms with E-state index in [1.807, 2.05) is 6.92 Å². The first kappa shape index (κ1) is 15.1. The molecule has 0 unspecified atom stereocenters. The van der Waals surface area contributed by atoms with Gasteiger partial charge in [-0.15, -0.1) is 0 Å². The smallest absolute Gasteiger partial charge is 0.246 e. The van der Waals surface area contributed by atoms with E-state index in [1.54, 1.807) is 24.0 Å². The molecule has 1 aromatic rings. The van der Waals surface area contributed by atoms with Crippen molar-refractivity contribution in [2.45, 2.75) is 11.8 Å². The number of anilines is 1. The van der Waals surface area contributed by atoms with Gasteiger partial charge < -0.3 is 5.32 Å². The maximum atomic E-state index is 12.7. The molecule has 1 aliphatic rings. The first-order chi connectivity index (χ1) is 9.05. The lowest BCUT2D eigenvalue weighted by atomic mass is 10.4. The molecule has 0 aromatic carbocycles. The topological polar surface area (TPSA) is 62.3 Å². The van der Waals surface area contributed by atoms with E-state index >= 15 is 0 Å². The monoisotopic (exact) mass is 365 g/mol. The minimum Gasteiger partial charge on any atom is -0.369 e. The number of halogens is 1. The summed E-state index contributed by atoms with van der Waals surface area (Å²) in [6, 6.07) is 1.61. The number of sulfonamides is 1. The van der Waals surface area contributed by atoms with E-state index in [0.29, 0.717) is 29.9 Å². The van der Waals surface area contributed by atoms with Crippen LogP contribution in [0.15, 0.2) is 21.6 Å². The number of aromatic nitrogens is 1. The Hall–Kier alpha value is -0.310. The minimum atomic E-state index is -3.47. The van der Waals surface area contributed by atoms with E-state index in [4.69, 9.17) is 0 Å². The van der Waals surface area contributed by atoms with Crippen LogP contribution in [0.4, 0.5) is 5.82 Å². The molecule has 5 nitrogen and oxygen atoms in total. The third-order valence-corrected chi connectivity index (χ3v) is 6.04. The molecule has 0 bridgehead atoms. The molecule has 0 atom stereocenters. The van der Waals surface area contributed by atoms with Gasteiger partial charge in [-0.05, 0) is 28.9 Å². The SMILES string of the molecule is CCNc1ncc(Br)cc1S(=O)(=O)N1CCSCC1. The molecular weight excluding hydrogens is 350 g/mol. The second-order valence-electron chi connectivity index (χ2n) is 4.05. The maximum absolute atomic E-state index is 12.7. The largest absolute Gasteiger partial charge is 0.369 e. The molecule has 0 radical (unpaired) electrons. The molecule has 1 aliphatic heterocycles. The average Bonchev–Trinajstić information content (AvgIpc) is 2.42. The molecule has 0 aliphatic carbocycles. The number of rotatable bonds is 4. The van der Waals surface area contributed by atoms with Crippen LogP contribution in [-0.4, -0.2) is 48.8 Å². The normalized spacial score (nSPS) is 17.4. The van der Waals surface area contributed by atoms with Gasteiger partial charge in [0.15, 0.2) is 0 Å². The number of hydrogen-bond donors (Lipinski definition) is 1. The first-order valence-corrected chi connectivity index (χ1v) is 9.42. The average molecular weight is 366 g/mol. The summed E-state index contributed by atoms with van der Waals surface area (Å²) in [4.78, 5) is 4.41. The molecule has 0 spiro atoms. The van der Waals surface area contributed by atoms with Crippen molar-refractivity contribution < 1.29 is 8.42 Å². The van der Waals surface area contributed by atoms with Crippen molar-refractivity contribution >= 4 is 43.5 Å². The highest BCUT2D eigenvalue weighted by atomic mass is 79.9. The highest BCUT2D eigenvalue weighted by Crippen LogP contribution is 2.27. The number of hydrogen-bond acceptors (Lipinski definition) is 5. The van der Waals surface area contributed by atoms with Crippen LogP contribution >= 0.6 is 27.7 Å². The fraction of sp³-hybridized carbons (Fsp3) is 0.545. The molecule has 0 saturated carbocycles. The van der Waals surface area contributed by atoms with Crippen molar-refractivity contribution in [1.29, 1.82) is 0 Å². The standard InChI is InChI=1S/C11H16BrN3O2S2/c1-2-13-11-10(7-9(12)8-14-11)19(16,17)15-3-5-18-6-4-15/h7-8H,2-6H2,1H3,(H,13,14). The van der Waals surface area contributed by atoms with Crippen LogP contribution in [0.1, 0.15) is 6.92 Å². The van der Waals surface area contributed by atoms with Gasteiger partial charge in [0.05, 0.1) is 0 Å². The van der Waals surface area contributed by atoms with Crippen LogP contribution in [-0.2, 0) is 10.0 Å². The lowest BCUT2D eigenvalue weighted by Crippen LogP contribution is -2.38. The van der Waals surface area contributed by atoms with Gasteiger partial charge in [0, 0.05) is 41.8 Å². The Labute approximate surface area is 126 Å². The van der Waals surface area contributed by atoms with Crippen molar-refractivity contribution in [3.05, 3.63) is 16.7 Å². The molecule has 8 heteroatoms. The number of thioether (sulfide) groups is 1. The zero-order valence-electron chi connectivity index (χ0n) is 10.6. The zero-order chi connectivity index (χ0) is 13.9. The molecule has 1 saturated heterocycles. The Bertz CT molecular complexity index is 545. The number of pyridine rings is 1. The Morgan fingerprint density at radius 1 is 1.47 bits per heavy atom. The summed E-state index contributed by atoms with van der Waals surface area (Å²) < 4.78 is 27.5. The molecular formula is C11H16BrN3O2S2. The van der Waals surface area contributed by atoms with Gasteiger partial charge in [-0.2, -0.15) is 16.1 Å². The molecule has 2 heterocycles. The Balaban J connectivity index is 2.40. The van der Waals surface area contributed by atoms with Crippen LogP contribution in [0.2, 0.25) is 0 Å². The number of nitrogens with one attached hydrogen (secondary N) is 1. The minimum absolute atomic E-state index is 0.246. The van der Waals surface area contributed by atoms with E-state index in [0.717, 1.165) is 11.5 Å². The molecule has 106 valence electrons. The second-order valence-corrected chi connectivity index (χ2v) is 8.09. The highest BCUT2D eigenvalue weighted by molar-refractivity contribution is 9.10. The quantitative estimate of drug-likeness (QED) is 0.883. The Morgan fingerprint density at radius 2 is 2.16 bits per heavy atom. The fourth-order valence-electron chi connectivity index (χ4n) is 1.84. The summed E-state index contributed by atoms with van der Waals surface area (Å²) in [5.41, 5.74) is 0. The van der Waals surface area contributed by atoms with Crippen molar-refractivity contribution in [3.63, 3.8) is 0 Å². The third-order valence-electron chi connectivity index (χ3n) is 2.75. The van der Waals surface area contributed by atoms with E-state index in [2.05, 4.69) is 26.2 Å². The highest BCUT2D eigenvalue weighted by Gasteiger charge is 2.29. The Kier molecular flexibility index (Phi) is 5.10. The Morgan fingerprint density at radius 3 is 2.79 bits per heavy atom. The predicted octanol–water partition coefficient (Wildman–Crippen LogP) is 2.01. The van der Waals surface area contributed by atoms with Crippen molar-refractivity contribution in [2.24, 2.45) is 0 Å². The summed E-state index contributed by atoms with van der Waals surface area (Å²) >= 11 is 5.07. The second kappa shape index (κ2) is 6.43. The van der Waals surface area contributed by atoms with Gasteiger partial charge in [0.25, 0.3) is 0 Å². The van der Waals surface area contributed by atoms with Crippen LogP contribution < -0.4 is 5.32 Å². The van der Waals surface area contributed by atoms with Crippen LogP contribution in [0.5, 0.6) is 0 Å². The number of nitrogens with zero attached hydrogens (tertiary/aromatic N) is 2. The van der Waals surface area contributed by atoms with Gasteiger partial charge in [0.1, 0.15) is 10.7 Å². The van der Waals surface area contributed by atoms with Crippen LogP contribution in [0.25, 0.3) is 0 Å². The summed E-state index contributed by atoms with van der Waals surface area (Å²) in [5, 5.41) is 3.01. The van der Waals surface area contributed by atoms with Crippen molar-refractivity contribution in [3.8, 4) is 0 Å². The summed E-state index contributed by atoms with van der Waals surface area (Å²) in [7, 11) is -3.47. The van der Waals surface area contributed by atoms with Crippen LogP contribution in [0, 0.1) is 0 Å². The third kappa shape index (κ3) is 3.42. The summed E-state index contributed by atoms with van der Waals surface area (Å²) in [6.45, 7) is 3.67. The predicted molar refractivity (Wildman–Crippen MR) is 82.2 cm³/mol. The lowest BCUT2D eigenvalue weighted by Gasteiger charge is -2.26. The van der Waals surface area contributed by atoms with E-state index in [-0.39, 0.29) is 4.90 Å². The van der Waals surface area contributed by atoms with Gasteiger partial charge >= 0.3 is 0 Å². The van der Waals surface area contributed by atoms with Crippen molar-refractivity contribution in [2.75, 3.05) is 36.5 Å². The van der Waals surface area contributed by atoms with E-state index in [9.17, 15) is 8.42 Å². The molecule has 2 rings (SSSR count). The van der Waals surface area contributed by atoms with Gasteiger partial charge in [-0.3, -0.25) is 0 Å². The van der Waals surface area contributed by atoms with Gasteiger partial charge in [0.2, 0.25) is 10.0 Å². The molecule has 1 N–H and O–H groups in total. The van der Waals surface area contributed by atoms with E-state index in [1.165, 1.54) is 4.31 Å². The molecule has 19 heavy (non-hydrogen) atoms. The van der Waals surface area contributed by atoms with Crippen LogP contribution in [0.3, 0.4) is 0 Å². The molecule has 1 aromatic heterocycles. The summed E-state index contributed by atoms with van der Waals surface area (Å²) in [6.07, 6.45) is 1.60. The van der Waals surface area contributed by atoms with Crippen molar-refractivity contribution in [1.82, 2.24) is 9.29 Å². The zero-order valence-corrected chi connectivity index (χ0v) is 13.8. The maximum Gasteiger partial charge on any atom is 0.246 e. The molecule has 0 amide bonds. The van der Waals surface area contributed by atoms with E-state index < -0.39 is 10.0 Å². The fourth-order valence-corrected chi connectivity index (χ4v) is 5.05. The summed E-state index contributed by atoms with van der Waals surface area (Å²) in [5.74, 6) is 2.11. The lowest BCUT2D eigenvalue weighted by molar-refractivity contribution is 0.443.